The van der Waals surface area contributed by atoms with Crippen molar-refractivity contribution in [2.24, 2.45) is 0 Å². The van der Waals surface area contributed by atoms with Crippen LogP contribution in [0.2, 0.25) is 0 Å². The summed E-state index contributed by atoms with van der Waals surface area (Å²) in [5, 5.41) is 69.9. The molecule has 4 aromatic rings. The van der Waals surface area contributed by atoms with Gasteiger partial charge in [-0.2, -0.15) is 0 Å². The zero-order valence-electron chi connectivity index (χ0n) is 28.1. The van der Waals surface area contributed by atoms with E-state index in [0.717, 1.165) is 0 Å². The Morgan fingerprint density at radius 3 is 1.50 bits per heavy atom. The largest absolute Gasteiger partial charge is 0.507 e. The van der Waals surface area contributed by atoms with Crippen molar-refractivity contribution in [2.75, 3.05) is 70.2 Å². The van der Waals surface area contributed by atoms with Crippen LogP contribution in [0.5, 0.6) is 28.7 Å². The van der Waals surface area contributed by atoms with Gasteiger partial charge in [-0.3, -0.25) is 14.4 Å². The summed E-state index contributed by atoms with van der Waals surface area (Å²) in [6.45, 7) is 2.81. The Hall–Kier alpha value is -5.09. The number of aliphatic hydroxyl groups is 2. The maximum atomic E-state index is 13.4. The number of carbonyl (C=O) groups excluding carboxylic acids is 3. The number of aromatic hydroxyl groups is 4. The molecule has 0 atom stereocenters. The molecule has 52 heavy (non-hydrogen) atoms. The number of ether oxygens (including phenoxy) is 1. The molecule has 4 aromatic carbocycles. The SMILES string of the molecule is COc1ccc(C(=O)c2ccccc2O)c(O)c1.Cl.Cl.O=C1c2c(O)ccc(O)c2C(=O)c2c(NCCNCCO)ccc(NCCNCCO)c21. The van der Waals surface area contributed by atoms with Crippen molar-refractivity contribution in [3.63, 3.8) is 0 Å². The lowest BCUT2D eigenvalue weighted by molar-refractivity contribution is 0.0975. The highest BCUT2D eigenvalue weighted by atomic mass is 35.5. The number of aliphatic hydroxyl groups excluding tert-OH is 2. The lowest BCUT2D eigenvalue weighted by Gasteiger charge is -2.25. The van der Waals surface area contributed by atoms with Gasteiger partial charge in [-0.15, -0.1) is 24.8 Å². The molecule has 14 nitrogen and oxygen atoms in total. The third-order valence-electron chi connectivity index (χ3n) is 7.68. The van der Waals surface area contributed by atoms with E-state index in [0.29, 0.717) is 56.4 Å². The van der Waals surface area contributed by atoms with Crippen LogP contribution < -0.4 is 26.0 Å². The molecule has 1 aliphatic carbocycles. The average molecular weight is 762 g/mol. The van der Waals surface area contributed by atoms with Crippen LogP contribution in [0.3, 0.4) is 0 Å². The van der Waals surface area contributed by atoms with Gasteiger partial charge in [0.25, 0.3) is 0 Å². The van der Waals surface area contributed by atoms with Gasteiger partial charge in [0.15, 0.2) is 5.78 Å². The maximum Gasteiger partial charge on any atom is 0.200 e. The van der Waals surface area contributed by atoms with Gasteiger partial charge in [-0.1, -0.05) is 12.1 Å². The molecule has 280 valence electrons. The monoisotopic (exact) mass is 760 g/mol. The molecule has 10 N–H and O–H groups in total. The predicted molar refractivity (Wildman–Crippen MR) is 201 cm³/mol. The van der Waals surface area contributed by atoms with E-state index in [-0.39, 0.29) is 94.4 Å². The molecule has 0 saturated carbocycles. The van der Waals surface area contributed by atoms with Gasteiger partial charge in [-0.05, 0) is 48.5 Å². The molecule has 0 fully saturated rings. The first kappa shape index (κ1) is 43.1. The highest BCUT2D eigenvalue weighted by molar-refractivity contribution is 6.33. The zero-order chi connectivity index (χ0) is 36.2. The number of hydrogen-bond donors (Lipinski definition) is 10. The lowest BCUT2D eigenvalue weighted by atomic mass is 9.81. The van der Waals surface area contributed by atoms with Gasteiger partial charge < -0.3 is 56.6 Å². The molecule has 0 amide bonds. The van der Waals surface area contributed by atoms with Gasteiger partial charge >= 0.3 is 0 Å². The molecule has 0 bridgehead atoms. The van der Waals surface area contributed by atoms with Crippen LogP contribution >= 0.6 is 24.8 Å². The first-order valence-electron chi connectivity index (χ1n) is 15.8. The van der Waals surface area contributed by atoms with Crippen molar-refractivity contribution >= 4 is 53.5 Å². The van der Waals surface area contributed by atoms with Crippen molar-refractivity contribution < 1.29 is 49.8 Å². The summed E-state index contributed by atoms with van der Waals surface area (Å²) in [6, 6.07) is 16.3. The summed E-state index contributed by atoms with van der Waals surface area (Å²) in [4.78, 5) is 38.9. The molecule has 0 radical (unpaired) electrons. The lowest BCUT2D eigenvalue weighted by Crippen LogP contribution is -2.28. The second-order valence-electron chi connectivity index (χ2n) is 11.0. The number of benzene rings is 4. The average Bonchev–Trinajstić information content (AvgIpc) is 3.11. The highest BCUT2D eigenvalue weighted by Gasteiger charge is 2.38. The number of ketones is 3. The number of halogens is 2. The molecular weight excluding hydrogens is 719 g/mol. The minimum absolute atomic E-state index is 0. The summed E-state index contributed by atoms with van der Waals surface area (Å²) in [5.41, 5.74) is 0.951. The Kier molecular flexibility index (Phi) is 17.1. The predicted octanol–water partition coefficient (Wildman–Crippen LogP) is 3.04. The van der Waals surface area contributed by atoms with E-state index in [9.17, 15) is 34.8 Å². The maximum absolute atomic E-state index is 13.4. The summed E-state index contributed by atoms with van der Waals surface area (Å²) >= 11 is 0. The number of carbonyl (C=O) groups is 3. The minimum atomic E-state index is -0.559. The minimum Gasteiger partial charge on any atom is -0.507 e. The van der Waals surface area contributed by atoms with E-state index in [4.69, 9.17) is 14.9 Å². The van der Waals surface area contributed by atoms with Crippen LogP contribution in [0.25, 0.3) is 0 Å². The van der Waals surface area contributed by atoms with Gasteiger partial charge in [0, 0.05) is 56.7 Å². The fourth-order valence-electron chi connectivity index (χ4n) is 5.28. The number of para-hydroxylation sites is 1. The third-order valence-corrected chi connectivity index (χ3v) is 7.68. The van der Waals surface area contributed by atoms with Crippen molar-refractivity contribution in [1.82, 2.24) is 10.6 Å². The Balaban J connectivity index is 0.000000399. The Bertz CT molecular complexity index is 1780. The molecule has 0 heterocycles. The first-order chi connectivity index (χ1) is 24.1. The second kappa shape index (κ2) is 20.7. The fraction of sp³-hybridized carbons (Fsp3) is 0.250. The van der Waals surface area contributed by atoms with Crippen LogP contribution in [0, 0.1) is 0 Å². The zero-order valence-corrected chi connectivity index (χ0v) is 29.8. The number of fused-ring (bicyclic) bond motifs is 2. The summed E-state index contributed by atoms with van der Waals surface area (Å²) < 4.78 is 4.94. The summed E-state index contributed by atoms with van der Waals surface area (Å²) in [6.07, 6.45) is 0. The molecule has 0 aliphatic heterocycles. The topological polar surface area (TPSA) is 230 Å². The van der Waals surface area contributed by atoms with Gasteiger partial charge in [-0.25, -0.2) is 0 Å². The Morgan fingerprint density at radius 2 is 1.06 bits per heavy atom. The van der Waals surface area contributed by atoms with Crippen LogP contribution in [-0.2, 0) is 0 Å². The molecule has 0 saturated heterocycles. The van der Waals surface area contributed by atoms with Gasteiger partial charge in [0.1, 0.15) is 28.7 Å². The Morgan fingerprint density at radius 1 is 0.577 bits per heavy atom. The Labute approximate surface area is 312 Å². The second-order valence-corrected chi connectivity index (χ2v) is 11.0. The normalized spacial score (nSPS) is 11.1. The van der Waals surface area contributed by atoms with Crippen LogP contribution in [0.4, 0.5) is 11.4 Å². The molecule has 16 heteroatoms. The van der Waals surface area contributed by atoms with E-state index in [1.54, 1.807) is 30.3 Å². The molecular formula is C36H42Cl2N4O10. The van der Waals surface area contributed by atoms with Crippen LogP contribution in [0.15, 0.2) is 66.7 Å². The van der Waals surface area contributed by atoms with Crippen molar-refractivity contribution in [1.29, 1.82) is 0 Å². The molecule has 5 rings (SSSR count). The smallest absolute Gasteiger partial charge is 0.200 e. The number of rotatable bonds is 15. The van der Waals surface area contributed by atoms with E-state index >= 15 is 0 Å². The standard InChI is InChI=1S/C22H28N4O6.C14H12O4.2ClH/c27-11-9-23-5-7-25-13-1-2-14(26-8-6-24-10-12-28)18-17(13)21(31)19-15(29)3-4-16(30)20(19)22(18)32;1-18-9-6-7-11(13(16)8-9)14(17)10-4-2-3-5-12(10)15;;/h1-4,23-30H,5-12H2;2-8,15-16H,1H3;2*1H. The van der Waals surface area contributed by atoms with E-state index in [1.807, 2.05) is 0 Å². The van der Waals surface area contributed by atoms with E-state index in [1.165, 1.54) is 43.5 Å². The third kappa shape index (κ3) is 10.0. The molecule has 0 unspecified atom stereocenters. The summed E-state index contributed by atoms with van der Waals surface area (Å²) in [7, 11) is 1.47. The number of methoxy groups -OCH3 is 1. The molecule has 0 aromatic heterocycles. The summed E-state index contributed by atoms with van der Waals surface area (Å²) in [5.74, 6) is -2.13. The highest BCUT2D eigenvalue weighted by Crippen LogP contribution is 2.42. The van der Waals surface area contributed by atoms with Crippen molar-refractivity contribution in [3.05, 3.63) is 100 Å². The first-order valence-corrected chi connectivity index (χ1v) is 15.8. The number of hydrogen-bond acceptors (Lipinski definition) is 14. The fourth-order valence-corrected chi connectivity index (χ4v) is 5.28. The van der Waals surface area contributed by atoms with Crippen molar-refractivity contribution in [3.8, 4) is 28.7 Å². The van der Waals surface area contributed by atoms with Gasteiger partial charge in [0.05, 0.1) is 53.7 Å². The number of phenolic OH excluding ortho intramolecular Hbond substituents is 4. The van der Waals surface area contributed by atoms with Crippen LogP contribution in [0.1, 0.15) is 47.8 Å². The van der Waals surface area contributed by atoms with Gasteiger partial charge in [0.2, 0.25) is 11.6 Å². The number of nitrogens with one attached hydrogen (secondary N) is 4. The number of anilines is 2. The van der Waals surface area contributed by atoms with E-state index < -0.39 is 17.3 Å². The molecule has 1 aliphatic rings. The quantitative estimate of drug-likeness (QED) is 0.0420. The van der Waals surface area contributed by atoms with E-state index in [2.05, 4.69) is 21.3 Å². The molecule has 0 spiro atoms. The number of phenols is 4. The van der Waals surface area contributed by atoms with Crippen molar-refractivity contribution in [2.45, 2.75) is 0 Å². The van der Waals surface area contributed by atoms with Crippen LogP contribution in [-0.4, -0.2) is 108 Å².